The molecule has 10 heteroatoms. The molecule has 0 bridgehead atoms. The average Bonchev–Trinajstić information content (AvgIpc) is 2.86. The molecule has 1 aliphatic heterocycles. The van der Waals surface area contributed by atoms with Gasteiger partial charge in [0.25, 0.3) is 0 Å². The maximum Gasteiger partial charge on any atom is 0.407 e. The van der Waals surface area contributed by atoms with Gasteiger partial charge in [0, 0.05) is 49.2 Å². The van der Waals surface area contributed by atoms with Gasteiger partial charge in [0.2, 0.25) is 0 Å². The second-order valence-corrected chi connectivity index (χ2v) is 11.0. The number of hydrogen-bond acceptors (Lipinski definition) is 7. The summed E-state index contributed by atoms with van der Waals surface area (Å²) in [5, 5.41) is 2.96. The van der Waals surface area contributed by atoms with Crippen LogP contribution in [-0.4, -0.2) is 63.5 Å². The molecule has 1 heterocycles. The van der Waals surface area contributed by atoms with Crippen LogP contribution in [0.5, 0.6) is 0 Å². The second kappa shape index (κ2) is 13.0. The molecule has 2 aromatic carbocycles. The molecule has 1 atom stereocenters. The van der Waals surface area contributed by atoms with Crippen LogP contribution < -0.4 is 10.2 Å². The van der Waals surface area contributed by atoms with E-state index in [1.165, 1.54) is 11.4 Å². The van der Waals surface area contributed by atoms with Crippen LogP contribution in [0.15, 0.2) is 48.5 Å². The number of nitrogens with zero attached hydrogens (tertiary/aromatic N) is 2. The molecule has 3 rings (SSSR count). The maximum absolute atomic E-state index is 12.1. The summed E-state index contributed by atoms with van der Waals surface area (Å²) in [6.45, 7) is 7.62. The van der Waals surface area contributed by atoms with Crippen molar-refractivity contribution in [2.75, 3.05) is 31.6 Å². The summed E-state index contributed by atoms with van der Waals surface area (Å²) >= 11 is -2.40. The Hall–Kier alpha value is -2.95. The lowest BCUT2D eigenvalue weighted by Crippen LogP contribution is -2.46. The Kier molecular flexibility index (Phi) is 10.1. The summed E-state index contributed by atoms with van der Waals surface area (Å²) in [5.41, 5.74) is 2.82. The highest BCUT2D eigenvalue weighted by molar-refractivity contribution is 7.76. The van der Waals surface area contributed by atoms with Gasteiger partial charge >= 0.3 is 12.1 Å². The molecular formula is C27H36N3O6S-. The van der Waals surface area contributed by atoms with Crippen molar-refractivity contribution in [3.63, 3.8) is 0 Å². The van der Waals surface area contributed by atoms with Gasteiger partial charge in [-0.1, -0.05) is 30.3 Å². The molecule has 1 unspecified atom stereocenters. The zero-order valence-corrected chi connectivity index (χ0v) is 22.7. The fourth-order valence-corrected chi connectivity index (χ4v) is 4.78. The van der Waals surface area contributed by atoms with E-state index in [0.29, 0.717) is 18.5 Å². The lowest BCUT2D eigenvalue weighted by atomic mass is 10.0. The Morgan fingerprint density at radius 1 is 1.11 bits per heavy atom. The summed E-state index contributed by atoms with van der Waals surface area (Å²) in [7, 11) is 1.32. The van der Waals surface area contributed by atoms with Crippen LogP contribution in [0.1, 0.15) is 55.1 Å². The number of amides is 1. The van der Waals surface area contributed by atoms with Crippen molar-refractivity contribution in [1.82, 2.24) is 9.62 Å². The minimum Gasteiger partial charge on any atom is -0.760 e. The van der Waals surface area contributed by atoms with E-state index in [1.807, 2.05) is 39.0 Å². The van der Waals surface area contributed by atoms with Crippen molar-refractivity contribution in [1.29, 1.82) is 0 Å². The van der Waals surface area contributed by atoms with Crippen molar-refractivity contribution in [2.24, 2.45) is 0 Å². The number of para-hydroxylation sites is 1. The summed E-state index contributed by atoms with van der Waals surface area (Å²) in [5.74, 6) is -0.433. The van der Waals surface area contributed by atoms with Crippen molar-refractivity contribution >= 4 is 29.0 Å². The third kappa shape index (κ3) is 8.84. The molecule has 9 nitrogen and oxygen atoms in total. The monoisotopic (exact) mass is 530 g/mol. The molecule has 0 saturated carbocycles. The molecule has 2 aromatic rings. The van der Waals surface area contributed by atoms with Gasteiger partial charge in [0.1, 0.15) is 5.60 Å². The van der Waals surface area contributed by atoms with Crippen molar-refractivity contribution in [3.8, 4) is 0 Å². The van der Waals surface area contributed by atoms with E-state index in [4.69, 9.17) is 9.47 Å². The largest absolute Gasteiger partial charge is 0.760 e. The van der Waals surface area contributed by atoms with Crippen molar-refractivity contribution in [3.05, 3.63) is 65.2 Å². The minimum atomic E-state index is -2.40. The molecule has 0 aliphatic carbocycles. The molecule has 1 aliphatic rings. The minimum absolute atomic E-state index is 0.0576. The first-order valence-corrected chi connectivity index (χ1v) is 13.4. The van der Waals surface area contributed by atoms with Crippen LogP contribution in [0.3, 0.4) is 0 Å². The van der Waals surface area contributed by atoms with Gasteiger partial charge < -0.3 is 24.2 Å². The highest BCUT2D eigenvalue weighted by Gasteiger charge is 2.24. The van der Waals surface area contributed by atoms with E-state index < -0.39 is 28.9 Å². The number of alkyl carbamates (subject to hydrolysis) is 1. The molecule has 0 radical (unpaired) electrons. The predicted octanol–water partition coefficient (Wildman–Crippen LogP) is 3.81. The second-order valence-electron chi connectivity index (χ2n) is 10.1. The Bertz CT molecular complexity index is 1080. The first kappa shape index (κ1) is 28.6. The van der Waals surface area contributed by atoms with E-state index in [-0.39, 0.29) is 12.6 Å². The Morgan fingerprint density at radius 2 is 1.76 bits per heavy atom. The van der Waals surface area contributed by atoms with Crippen LogP contribution in [0, 0.1) is 0 Å². The first-order chi connectivity index (χ1) is 17.6. The number of carbonyl (C=O) groups is 2. The van der Waals surface area contributed by atoms with Gasteiger partial charge in [-0.3, -0.25) is 4.21 Å². The number of benzene rings is 2. The molecular weight excluding hydrogens is 494 g/mol. The smallest absolute Gasteiger partial charge is 0.407 e. The van der Waals surface area contributed by atoms with E-state index in [0.717, 1.165) is 42.7 Å². The molecule has 1 saturated heterocycles. The number of carbonyl (C=O) groups excluding carboxylic acids is 2. The van der Waals surface area contributed by atoms with E-state index in [1.54, 1.807) is 24.3 Å². The first-order valence-electron chi connectivity index (χ1n) is 12.4. The Labute approximate surface area is 221 Å². The molecule has 0 aromatic heterocycles. The van der Waals surface area contributed by atoms with Crippen molar-refractivity contribution < 1.29 is 27.8 Å². The number of nitrogens with one attached hydrogen (secondary N) is 1. The summed E-state index contributed by atoms with van der Waals surface area (Å²) < 4.78 is 35.3. The Morgan fingerprint density at radius 3 is 2.35 bits per heavy atom. The number of rotatable bonds is 9. The van der Waals surface area contributed by atoms with Crippen LogP contribution in [0.25, 0.3) is 0 Å². The fraction of sp³-hybridized carbons (Fsp3) is 0.481. The van der Waals surface area contributed by atoms with Crippen molar-refractivity contribution in [2.45, 2.75) is 58.2 Å². The number of piperidine rings is 1. The molecule has 0 spiro atoms. The van der Waals surface area contributed by atoms with Crippen LogP contribution >= 0.6 is 0 Å². The van der Waals surface area contributed by atoms with Crippen LogP contribution in [0.2, 0.25) is 0 Å². The summed E-state index contributed by atoms with van der Waals surface area (Å²) in [4.78, 5) is 26.0. The van der Waals surface area contributed by atoms with E-state index in [2.05, 4.69) is 16.3 Å². The molecule has 1 fully saturated rings. The lowest BCUT2D eigenvalue weighted by molar-refractivity contribution is 0.0496. The number of hydrogen-bond donors (Lipinski definition) is 1. The van der Waals surface area contributed by atoms with Gasteiger partial charge in [-0.2, -0.15) is 0 Å². The zero-order chi connectivity index (χ0) is 27.0. The molecule has 37 heavy (non-hydrogen) atoms. The zero-order valence-electron chi connectivity index (χ0n) is 21.9. The number of methoxy groups -OCH3 is 1. The topological polar surface area (TPSA) is 111 Å². The highest BCUT2D eigenvalue weighted by atomic mass is 32.2. The quantitative estimate of drug-likeness (QED) is 0.388. The lowest BCUT2D eigenvalue weighted by Gasteiger charge is -2.35. The van der Waals surface area contributed by atoms with Crippen LogP contribution in [-0.2, 0) is 33.7 Å². The van der Waals surface area contributed by atoms with Gasteiger partial charge in [0.05, 0.1) is 12.7 Å². The van der Waals surface area contributed by atoms with E-state index >= 15 is 0 Å². The number of esters is 1. The highest BCUT2D eigenvalue weighted by Crippen LogP contribution is 2.25. The molecule has 202 valence electrons. The molecule has 1 amide bonds. The standard InChI is InChI=1S/C27H37N3O6S/c1-27(2,3)36-26(32)28-23-14-16-29(17-15-23)24-8-6-5-7-21(24)13-18-30(37(33)34)19-20-9-11-22(12-10-20)25(31)35-4/h5-12,23H,13-19H2,1-4H3,(H,28,32)(H,33,34)/p-1. The average molecular weight is 531 g/mol. The number of anilines is 1. The number of ether oxygens (including phenoxy) is 2. The maximum atomic E-state index is 12.1. The van der Waals surface area contributed by atoms with Gasteiger partial charge in [-0.25, -0.2) is 13.9 Å². The third-order valence-corrected chi connectivity index (χ3v) is 6.86. The SMILES string of the molecule is COC(=O)c1ccc(CN(CCc2ccccc2N2CCC(NC(=O)OC(C)(C)C)CC2)S(=O)[O-])cc1. The third-order valence-electron chi connectivity index (χ3n) is 6.12. The Balaban J connectivity index is 1.58. The van der Waals surface area contributed by atoms with Gasteiger partial charge in [-0.15, -0.1) is 0 Å². The summed E-state index contributed by atoms with van der Waals surface area (Å²) in [6, 6.07) is 14.8. The van der Waals surface area contributed by atoms with E-state index in [9.17, 15) is 18.4 Å². The molecule has 1 N–H and O–H groups in total. The van der Waals surface area contributed by atoms with Gasteiger partial charge in [0.15, 0.2) is 0 Å². The predicted molar refractivity (Wildman–Crippen MR) is 142 cm³/mol. The van der Waals surface area contributed by atoms with Crippen LogP contribution in [0.4, 0.5) is 10.5 Å². The van der Waals surface area contributed by atoms with Gasteiger partial charge in [-0.05, 0) is 69.4 Å². The normalized spacial score (nSPS) is 15.4. The fourth-order valence-electron chi connectivity index (χ4n) is 4.29. The summed E-state index contributed by atoms with van der Waals surface area (Å²) in [6.07, 6.45) is 1.76.